The van der Waals surface area contributed by atoms with Crippen molar-refractivity contribution >= 4 is 37.3 Å². The molecule has 3 nitrogen and oxygen atoms in total. The zero-order valence-corrected chi connectivity index (χ0v) is 14.5. The molecular formula is C14H16BrNO2S2. The van der Waals surface area contributed by atoms with Crippen LogP contribution in [0, 0.1) is 0 Å². The summed E-state index contributed by atoms with van der Waals surface area (Å²) < 4.78 is 28.0. The molecule has 0 spiro atoms. The molecule has 6 heteroatoms. The SMILES string of the molecule is CC(C)N(Cc1ccccc1)S(=O)(=O)c1sccc1Br. The van der Waals surface area contributed by atoms with Gasteiger partial charge in [-0.1, -0.05) is 30.3 Å². The molecule has 0 fully saturated rings. The van der Waals surface area contributed by atoms with Gasteiger partial charge in [-0.05, 0) is 46.8 Å². The van der Waals surface area contributed by atoms with Crippen LogP contribution in [0.25, 0.3) is 0 Å². The minimum Gasteiger partial charge on any atom is -0.206 e. The van der Waals surface area contributed by atoms with E-state index in [-0.39, 0.29) is 6.04 Å². The lowest BCUT2D eigenvalue weighted by Crippen LogP contribution is -2.36. The smallest absolute Gasteiger partial charge is 0.206 e. The van der Waals surface area contributed by atoms with Crippen LogP contribution in [0.5, 0.6) is 0 Å². The molecule has 108 valence electrons. The molecule has 0 aliphatic rings. The van der Waals surface area contributed by atoms with Crippen molar-refractivity contribution in [3.05, 3.63) is 51.8 Å². The Kier molecular flexibility index (Phi) is 5.01. The van der Waals surface area contributed by atoms with Crippen molar-refractivity contribution in [3.63, 3.8) is 0 Å². The van der Waals surface area contributed by atoms with Crippen molar-refractivity contribution in [2.24, 2.45) is 0 Å². The van der Waals surface area contributed by atoms with Gasteiger partial charge in [0, 0.05) is 17.1 Å². The number of sulfonamides is 1. The average Bonchev–Trinajstić information content (AvgIpc) is 2.83. The van der Waals surface area contributed by atoms with E-state index in [4.69, 9.17) is 0 Å². The van der Waals surface area contributed by atoms with Crippen molar-refractivity contribution in [1.29, 1.82) is 0 Å². The van der Waals surface area contributed by atoms with Crippen LogP contribution in [0.15, 0.2) is 50.5 Å². The standard InChI is InChI=1S/C14H16BrNO2S2/c1-11(2)16(10-12-6-4-3-5-7-12)20(17,18)14-13(15)8-9-19-14/h3-9,11H,10H2,1-2H3. The topological polar surface area (TPSA) is 37.4 Å². The molecule has 0 aliphatic heterocycles. The van der Waals surface area contributed by atoms with Crippen molar-refractivity contribution in [3.8, 4) is 0 Å². The van der Waals surface area contributed by atoms with E-state index in [0.717, 1.165) is 5.56 Å². The number of hydrogen-bond donors (Lipinski definition) is 0. The zero-order chi connectivity index (χ0) is 14.8. The van der Waals surface area contributed by atoms with Crippen LogP contribution < -0.4 is 0 Å². The lowest BCUT2D eigenvalue weighted by molar-refractivity contribution is 0.349. The van der Waals surface area contributed by atoms with Crippen LogP contribution in [0.3, 0.4) is 0 Å². The van der Waals surface area contributed by atoms with Crippen LogP contribution in [0.1, 0.15) is 19.4 Å². The fourth-order valence-corrected chi connectivity index (χ4v) is 5.93. The van der Waals surface area contributed by atoms with Gasteiger partial charge in [-0.15, -0.1) is 11.3 Å². The molecule has 0 saturated heterocycles. The average molecular weight is 374 g/mol. The van der Waals surface area contributed by atoms with Crippen LogP contribution in [0.4, 0.5) is 0 Å². The highest BCUT2D eigenvalue weighted by Crippen LogP contribution is 2.31. The molecular weight excluding hydrogens is 358 g/mol. The maximum Gasteiger partial charge on any atom is 0.254 e. The molecule has 20 heavy (non-hydrogen) atoms. The first-order valence-corrected chi connectivity index (χ1v) is 9.33. The normalized spacial score (nSPS) is 12.2. The van der Waals surface area contributed by atoms with E-state index in [1.807, 2.05) is 44.2 Å². The van der Waals surface area contributed by atoms with Gasteiger partial charge >= 0.3 is 0 Å². The van der Waals surface area contributed by atoms with Crippen molar-refractivity contribution in [2.75, 3.05) is 0 Å². The minimum atomic E-state index is -3.48. The van der Waals surface area contributed by atoms with Gasteiger partial charge in [0.25, 0.3) is 10.0 Å². The Balaban J connectivity index is 2.37. The maximum atomic E-state index is 12.8. The van der Waals surface area contributed by atoms with Crippen LogP contribution in [0.2, 0.25) is 0 Å². The summed E-state index contributed by atoms with van der Waals surface area (Å²) in [6.45, 7) is 4.16. The van der Waals surface area contributed by atoms with E-state index < -0.39 is 10.0 Å². The summed E-state index contributed by atoms with van der Waals surface area (Å²) in [6.07, 6.45) is 0. The molecule has 2 aromatic rings. The fourth-order valence-electron chi connectivity index (χ4n) is 1.88. The van der Waals surface area contributed by atoms with Gasteiger partial charge in [0.2, 0.25) is 0 Å². The Morgan fingerprint density at radius 1 is 1.20 bits per heavy atom. The molecule has 2 rings (SSSR count). The highest BCUT2D eigenvalue weighted by atomic mass is 79.9. The van der Waals surface area contributed by atoms with E-state index in [2.05, 4.69) is 15.9 Å². The number of hydrogen-bond acceptors (Lipinski definition) is 3. The Morgan fingerprint density at radius 2 is 1.85 bits per heavy atom. The molecule has 0 bridgehead atoms. The third-order valence-corrected chi connectivity index (χ3v) is 7.55. The molecule has 0 radical (unpaired) electrons. The van der Waals surface area contributed by atoms with E-state index in [1.165, 1.54) is 15.6 Å². The molecule has 0 saturated carbocycles. The van der Waals surface area contributed by atoms with Crippen LogP contribution in [-0.4, -0.2) is 18.8 Å². The Bertz CT molecular complexity index is 665. The van der Waals surface area contributed by atoms with Gasteiger partial charge in [-0.3, -0.25) is 0 Å². The number of thiophene rings is 1. The van der Waals surface area contributed by atoms with Crippen LogP contribution in [-0.2, 0) is 16.6 Å². The van der Waals surface area contributed by atoms with Crippen molar-refractivity contribution in [1.82, 2.24) is 4.31 Å². The molecule has 0 amide bonds. The van der Waals surface area contributed by atoms with Gasteiger partial charge in [0.15, 0.2) is 0 Å². The number of nitrogens with zero attached hydrogens (tertiary/aromatic N) is 1. The monoisotopic (exact) mass is 373 g/mol. The predicted octanol–water partition coefficient (Wildman–Crippen LogP) is 4.11. The first-order chi connectivity index (χ1) is 9.43. The van der Waals surface area contributed by atoms with E-state index >= 15 is 0 Å². The summed E-state index contributed by atoms with van der Waals surface area (Å²) in [5.74, 6) is 0. The third kappa shape index (κ3) is 3.31. The van der Waals surface area contributed by atoms with Crippen molar-refractivity contribution < 1.29 is 8.42 Å². The summed E-state index contributed by atoms with van der Waals surface area (Å²) in [6, 6.07) is 11.3. The van der Waals surface area contributed by atoms with Gasteiger partial charge in [-0.25, -0.2) is 8.42 Å². The van der Waals surface area contributed by atoms with E-state index in [9.17, 15) is 8.42 Å². The van der Waals surface area contributed by atoms with Gasteiger partial charge in [-0.2, -0.15) is 4.31 Å². The molecule has 0 aliphatic carbocycles. The largest absolute Gasteiger partial charge is 0.254 e. The number of benzene rings is 1. The molecule has 1 aromatic heterocycles. The van der Waals surface area contributed by atoms with Gasteiger partial charge < -0.3 is 0 Å². The third-order valence-electron chi connectivity index (χ3n) is 2.88. The molecule has 0 unspecified atom stereocenters. The summed E-state index contributed by atoms with van der Waals surface area (Å²) in [5.41, 5.74) is 0.984. The van der Waals surface area contributed by atoms with E-state index in [1.54, 1.807) is 11.4 Å². The summed E-state index contributed by atoms with van der Waals surface area (Å²) in [5, 5.41) is 1.78. The Morgan fingerprint density at radius 3 is 2.35 bits per heavy atom. The predicted molar refractivity (Wildman–Crippen MR) is 86.3 cm³/mol. The lowest BCUT2D eigenvalue weighted by Gasteiger charge is -2.25. The van der Waals surface area contributed by atoms with Crippen molar-refractivity contribution in [2.45, 2.75) is 30.6 Å². The Hall–Kier alpha value is -0.690. The second kappa shape index (κ2) is 6.39. The zero-order valence-electron chi connectivity index (χ0n) is 11.3. The number of rotatable bonds is 5. The number of halogens is 1. The molecule has 0 atom stereocenters. The Labute approximate surface area is 132 Å². The minimum absolute atomic E-state index is 0.103. The summed E-state index contributed by atoms with van der Waals surface area (Å²) in [4.78, 5) is 0. The molecule has 1 aromatic carbocycles. The first kappa shape index (κ1) is 15.7. The molecule has 0 N–H and O–H groups in total. The first-order valence-electron chi connectivity index (χ1n) is 6.21. The second-order valence-corrected chi connectivity index (χ2v) is 8.54. The lowest BCUT2D eigenvalue weighted by atomic mass is 10.2. The van der Waals surface area contributed by atoms with Crippen LogP contribution >= 0.6 is 27.3 Å². The fraction of sp³-hybridized carbons (Fsp3) is 0.286. The molecule has 1 heterocycles. The highest BCUT2D eigenvalue weighted by Gasteiger charge is 2.29. The summed E-state index contributed by atoms with van der Waals surface area (Å²) in [7, 11) is -3.48. The van der Waals surface area contributed by atoms with E-state index in [0.29, 0.717) is 15.2 Å². The van der Waals surface area contributed by atoms with Gasteiger partial charge in [0.05, 0.1) is 0 Å². The second-order valence-electron chi connectivity index (χ2n) is 4.69. The summed E-state index contributed by atoms with van der Waals surface area (Å²) >= 11 is 4.55. The highest BCUT2D eigenvalue weighted by molar-refractivity contribution is 9.10. The van der Waals surface area contributed by atoms with Gasteiger partial charge in [0.1, 0.15) is 4.21 Å². The quantitative estimate of drug-likeness (QED) is 0.790. The maximum absolute atomic E-state index is 12.8.